The maximum absolute atomic E-state index is 12.3. The Morgan fingerprint density at radius 2 is 1.52 bits per heavy atom. The predicted octanol–water partition coefficient (Wildman–Crippen LogP) is 2.00. The molecule has 1 aromatic rings. The summed E-state index contributed by atoms with van der Waals surface area (Å²) < 4.78 is 0. The number of benzene rings is 1. The van der Waals surface area contributed by atoms with Crippen molar-refractivity contribution in [2.75, 3.05) is 18.4 Å². The minimum absolute atomic E-state index is 0.0346. The van der Waals surface area contributed by atoms with Crippen LogP contribution in [0.2, 0.25) is 0 Å². The second-order valence-electron chi connectivity index (χ2n) is 6.81. The Kier molecular flexibility index (Phi) is 5.25. The van der Waals surface area contributed by atoms with Gasteiger partial charge in [-0.2, -0.15) is 0 Å². The van der Waals surface area contributed by atoms with Gasteiger partial charge in [-0.1, -0.05) is 31.5 Å². The molecule has 5 amide bonds. The van der Waals surface area contributed by atoms with Gasteiger partial charge in [0.05, 0.1) is 0 Å². The first kappa shape index (κ1) is 18.6. The molecule has 1 aliphatic rings. The number of urea groups is 1. The number of amides is 5. The van der Waals surface area contributed by atoms with Crippen LogP contribution in [0, 0.1) is 26.7 Å². The molecule has 1 N–H and O–H groups in total. The molecule has 0 saturated carbocycles. The van der Waals surface area contributed by atoms with Gasteiger partial charge in [0.25, 0.3) is 0 Å². The molecule has 0 unspecified atom stereocenters. The first-order chi connectivity index (χ1) is 11.6. The number of imide groups is 2. The van der Waals surface area contributed by atoms with Crippen LogP contribution >= 0.6 is 0 Å². The topological polar surface area (TPSA) is 86.8 Å². The van der Waals surface area contributed by atoms with E-state index in [0.717, 1.165) is 21.6 Å². The fourth-order valence-corrected chi connectivity index (χ4v) is 2.92. The number of carbonyl (C=O) groups excluding carboxylic acids is 4. The zero-order chi connectivity index (χ0) is 18.9. The van der Waals surface area contributed by atoms with Gasteiger partial charge in [-0.25, -0.2) is 9.69 Å². The molecule has 1 saturated heterocycles. The molecule has 2 rings (SSSR count). The summed E-state index contributed by atoms with van der Waals surface area (Å²) in [6, 6.07) is 3.13. The van der Waals surface area contributed by atoms with Crippen LogP contribution in [-0.4, -0.2) is 46.6 Å². The van der Waals surface area contributed by atoms with E-state index in [1.165, 1.54) is 0 Å². The molecule has 0 spiro atoms. The number of aryl methyl sites for hydroxylation is 3. The molecular weight excluding hydrogens is 322 g/mol. The third kappa shape index (κ3) is 3.87. The lowest BCUT2D eigenvalue weighted by Crippen LogP contribution is -2.39. The summed E-state index contributed by atoms with van der Waals surface area (Å²) in [5, 5.41) is 2.73. The van der Waals surface area contributed by atoms with Gasteiger partial charge in [0, 0.05) is 12.2 Å². The molecule has 134 valence electrons. The number of anilines is 1. The van der Waals surface area contributed by atoms with Gasteiger partial charge in [0.1, 0.15) is 6.54 Å². The Labute approximate surface area is 147 Å². The summed E-state index contributed by atoms with van der Waals surface area (Å²) in [5.41, 5.74) is 3.51. The first-order valence-electron chi connectivity index (χ1n) is 8.16. The summed E-state index contributed by atoms with van der Waals surface area (Å²) in [6.07, 6.45) is 0. The van der Waals surface area contributed by atoms with Crippen LogP contribution in [0.1, 0.15) is 30.5 Å². The smallest absolute Gasteiger partial charge is 0.324 e. The van der Waals surface area contributed by atoms with Crippen LogP contribution in [0.4, 0.5) is 10.5 Å². The fraction of sp³-hybridized carbons (Fsp3) is 0.444. The van der Waals surface area contributed by atoms with Crippen LogP contribution < -0.4 is 5.32 Å². The monoisotopic (exact) mass is 345 g/mol. The average Bonchev–Trinajstić information content (AvgIpc) is 2.68. The van der Waals surface area contributed by atoms with E-state index in [9.17, 15) is 19.2 Å². The number of hydrogen-bond donors (Lipinski definition) is 1. The molecular formula is C18H23N3O4. The summed E-state index contributed by atoms with van der Waals surface area (Å²) in [4.78, 5) is 50.1. The Bertz CT molecular complexity index is 732. The van der Waals surface area contributed by atoms with E-state index < -0.39 is 30.3 Å². The highest BCUT2D eigenvalue weighted by Gasteiger charge is 2.45. The van der Waals surface area contributed by atoms with Crippen LogP contribution in [-0.2, 0) is 14.4 Å². The van der Waals surface area contributed by atoms with Crippen LogP contribution in [0.5, 0.6) is 0 Å². The standard InChI is InChI=1S/C18H23N3O4/c1-10(2)8-20-16(23)17(24)21(18(20)25)9-14(22)19-15-12(4)6-11(3)7-13(15)5/h6-7,10H,8-9H2,1-5H3,(H,19,22). The summed E-state index contributed by atoms with van der Waals surface area (Å²) >= 11 is 0. The molecule has 0 aromatic heterocycles. The minimum atomic E-state index is -0.960. The van der Waals surface area contributed by atoms with E-state index >= 15 is 0 Å². The zero-order valence-electron chi connectivity index (χ0n) is 15.2. The highest BCUT2D eigenvalue weighted by Crippen LogP contribution is 2.22. The van der Waals surface area contributed by atoms with Gasteiger partial charge in [0.15, 0.2) is 0 Å². The number of hydrogen-bond acceptors (Lipinski definition) is 4. The zero-order valence-corrected chi connectivity index (χ0v) is 15.2. The molecule has 1 aromatic carbocycles. The lowest BCUT2D eigenvalue weighted by atomic mass is 10.1. The number of nitrogens with one attached hydrogen (secondary N) is 1. The Hall–Kier alpha value is -2.70. The first-order valence-corrected chi connectivity index (χ1v) is 8.16. The maximum Gasteiger partial charge on any atom is 0.334 e. The van der Waals surface area contributed by atoms with E-state index in [4.69, 9.17) is 0 Å². The minimum Gasteiger partial charge on any atom is -0.324 e. The number of carbonyl (C=O) groups is 4. The summed E-state index contributed by atoms with van der Waals surface area (Å²) in [5.74, 6) is -2.32. The Morgan fingerprint density at radius 1 is 1.00 bits per heavy atom. The maximum atomic E-state index is 12.3. The molecule has 0 bridgehead atoms. The van der Waals surface area contributed by atoms with Gasteiger partial charge in [-0.15, -0.1) is 0 Å². The van der Waals surface area contributed by atoms with E-state index in [1.807, 2.05) is 46.8 Å². The van der Waals surface area contributed by atoms with E-state index in [0.29, 0.717) is 10.6 Å². The van der Waals surface area contributed by atoms with Crippen molar-refractivity contribution < 1.29 is 19.2 Å². The van der Waals surface area contributed by atoms with Gasteiger partial charge in [-0.3, -0.25) is 19.3 Å². The SMILES string of the molecule is Cc1cc(C)c(NC(=O)CN2C(=O)C(=O)N(CC(C)C)C2=O)c(C)c1. The quantitative estimate of drug-likeness (QED) is 0.653. The Balaban J connectivity index is 2.12. The molecule has 1 fully saturated rings. The number of nitrogens with zero attached hydrogens (tertiary/aromatic N) is 2. The number of rotatable bonds is 5. The highest BCUT2D eigenvalue weighted by atomic mass is 16.2. The lowest BCUT2D eigenvalue weighted by Gasteiger charge is -2.18. The normalized spacial score (nSPS) is 14.7. The van der Waals surface area contributed by atoms with E-state index in [2.05, 4.69) is 5.32 Å². The molecule has 0 radical (unpaired) electrons. The molecule has 25 heavy (non-hydrogen) atoms. The van der Waals surface area contributed by atoms with E-state index in [1.54, 1.807) is 0 Å². The van der Waals surface area contributed by atoms with Crippen molar-refractivity contribution in [2.45, 2.75) is 34.6 Å². The molecule has 1 aliphatic heterocycles. The molecule has 0 atom stereocenters. The van der Waals surface area contributed by atoms with Crippen molar-refractivity contribution in [3.8, 4) is 0 Å². The second kappa shape index (κ2) is 7.04. The highest BCUT2D eigenvalue weighted by molar-refractivity contribution is 6.45. The second-order valence-corrected chi connectivity index (χ2v) is 6.81. The predicted molar refractivity (Wildman–Crippen MR) is 92.9 cm³/mol. The van der Waals surface area contributed by atoms with Crippen LogP contribution in [0.3, 0.4) is 0 Å². The summed E-state index contributed by atoms with van der Waals surface area (Å²) in [6.45, 7) is 9.04. The largest absolute Gasteiger partial charge is 0.334 e. The molecule has 7 heteroatoms. The van der Waals surface area contributed by atoms with Gasteiger partial charge >= 0.3 is 17.8 Å². The van der Waals surface area contributed by atoms with Gasteiger partial charge in [-0.05, 0) is 37.8 Å². The van der Waals surface area contributed by atoms with Crippen molar-refractivity contribution in [3.63, 3.8) is 0 Å². The average molecular weight is 345 g/mol. The third-order valence-corrected chi connectivity index (χ3v) is 3.93. The molecule has 0 aliphatic carbocycles. The summed E-state index contributed by atoms with van der Waals surface area (Å²) in [7, 11) is 0. The third-order valence-electron chi connectivity index (χ3n) is 3.93. The van der Waals surface area contributed by atoms with Crippen molar-refractivity contribution in [1.29, 1.82) is 0 Å². The van der Waals surface area contributed by atoms with Crippen LogP contribution in [0.15, 0.2) is 12.1 Å². The van der Waals surface area contributed by atoms with Crippen molar-refractivity contribution in [2.24, 2.45) is 5.92 Å². The fourth-order valence-electron chi connectivity index (χ4n) is 2.92. The lowest BCUT2D eigenvalue weighted by molar-refractivity contribution is -0.143. The molecule has 7 nitrogen and oxygen atoms in total. The van der Waals surface area contributed by atoms with E-state index in [-0.39, 0.29) is 12.5 Å². The van der Waals surface area contributed by atoms with Crippen molar-refractivity contribution in [1.82, 2.24) is 9.80 Å². The van der Waals surface area contributed by atoms with Gasteiger partial charge < -0.3 is 5.32 Å². The Morgan fingerprint density at radius 3 is 2.04 bits per heavy atom. The van der Waals surface area contributed by atoms with Crippen LogP contribution in [0.25, 0.3) is 0 Å². The van der Waals surface area contributed by atoms with Crippen molar-refractivity contribution in [3.05, 3.63) is 28.8 Å². The molecule has 1 heterocycles. The van der Waals surface area contributed by atoms with Gasteiger partial charge in [0.2, 0.25) is 5.91 Å². The van der Waals surface area contributed by atoms with Crippen molar-refractivity contribution >= 4 is 29.4 Å².